The minimum absolute atomic E-state index is 0.266. The topological polar surface area (TPSA) is 67.0 Å². The molecule has 1 aromatic heterocycles. The van der Waals surface area contributed by atoms with Crippen LogP contribution in [0.1, 0.15) is 29.5 Å². The van der Waals surface area contributed by atoms with Crippen molar-refractivity contribution in [3.8, 4) is 11.5 Å². The van der Waals surface area contributed by atoms with Crippen molar-refractivity contribution in [2.75, 3.05) is 5.32 Å². The minimum Gasteiger partial charge on any atom is -0.455 e. The summed E-state index contributed by atoms with van der Waals surface area (Å²) in [7, 11) is 0. The molecule has 0 radical (unpaired) electrons. The average molecular weight is 321 g/mol. The zero-order valence-electron chi connectivity index (χ0n) is 13.5. The van der Waals surface area contributed by atoms with Crippen molar-refractivity contribution in [2.24, 2.45) is 0 Å². The summed E-state index contributed by atoms with van der Waals surface area (Å²) in [6, 6.07) is 18.6. The van der Waals surface area contributed by atoms with E-state index in [-0.39, 0.29) is 5.91 Å². The van der Waals surface area contributed by atoms with Gasteiger partial charge in [-0.25, -0.2) is 0 Å². The summed E-state index contributed by atoms with van der Waals surface area (Å²) in [5.74, 6) is 1.03. The van der Waals surface area contributed by atoms with E-state index in [0.29, 0.717) is 22.9 Å². The third-order valence-electron chi connectivity index (χ3n) is 3.49. The third-order valence-corrected chi connectivity index (χ3v) is 3.49. The Bertz CT molecular complexity index is 812. The van der Waals surface area contributed by atoms with Crippen LogP contribution < -0.4 is 10.1 Å². The number of rotatable bonds is 6. The molecule has 122 valence electrons. The van der Waals surface area contributed by atoms with Gasteiger partial charge in [0.15, 0.2) is 11.4 Å². The summed E-state index contributed by atoms with van der Waals surface area (Å²) in [5, 5.41) is 9.81. The Morgan fingerprint density at radius 3 is 2.67 bits per heavy atom. The van der Waals surface area contributed by atoms with Gasteiger partial charge in [-0.05, 0) is 36.8 Å². The molecule has 0 bridgehead atoms. The van der Waals surface area contributed by atoms with E-state index in [2.05, 4.69) is 22.4 Å². The predicted octanol–water partition coefficient (Wildman–Crippen LogP) is 4.41. The normalized spacial score (nSPS) is 10.4. The molecule has 0 aliphatic heterocycles. The van der Waals surface area contributed by atoms with Crippen molar-refractivity contribution < 1.29 is 9.53 Å². The number of benzene rings is 2. The number of aryl methyl sites for hydroxylation is 1. The van der Waals surface area contributed by atoms with Gasteiger partial charge in [-0.3, -0.25) is 9.89 Å². The van der Waals surface area contributed by atoms with E-state index >= 15 is 0 Å². The Kier molecular flexibility index (Phi) is 4.91. The van der Waals surface area contributed by atoms with E-state index in [1.165, 1.54) is 0 Å². The molecule has 5 heteroatoms. The van der Waals surface area contributed by atoms with Gasteiger partial charge in [0.05, 0.1) is 5.69 Å². The standard InChI is InChI=1S/C19H19N3O2/c1-2-8-14-13-17(22-21-14)19(23)20-16-11-6-7-12-18(16)24-15-9-4-3-5-10-15/h3-7,9-13H,2,8H2,1H3,(H,20,23)(H,21,22). The zero-order valence-corrected chi connectivity index (χ0v) is 13.5. The van der Waals surface area contributed by atoms with Crippen LogP contribution >= 0.6 is 0 Å². The lowest BCUT2D eigenvalue weighted by atomic mass is 10.2. The van der Waals surface area contributed by atoms with E-state index in [1.54, 1.807) is 12.1 Å². The van der Waals surface area contributed by atoms with Crippen LogP contribution in [-0.2, 0) is 6.42 Å². The molecular formula is C19H19N3O2. The number of nitrogens with zero attached hydrogens (tertiary/aromatic N) is 1. The first-order valence-corrected chi connectivity index (χ1v) is 7.94. The van der Waals surface area contributed by atoms with Gasteiger partial charge < -0.3 is 10.1 Å². The molecule has 5 nitrogen and oxygen atoms in total. The van der Waals surface area contributed by atoms with Crippen LogP contribution in [0.4, 0.5) is 5.69 Å². The lowest BCUT2D eigenvalue weighted by molar-refractivity contribution is 0.102. The maximum absolute atomic E-state index is 12.4. The number of anilines is 1. The van der Waals surface area contributed by atoms with Crippen molar-refractivity contribution in [2.45, 2.75) is 19.8 Å². The number of para-hydroxylation sites is 3. The van der Waals surface area contributed by atoms with Gasteiger partial charge in [0, 0.05) is 5.69 Å². The van der Waals surface area contributed by atoms with E-state index in [4.69, 9.17) is 4.74 Å². The van der Waals surface area contributed by atoms with Crippen LogP contribution in [0.5, 0.6) is 11.5 Å². The van der Waals surface area contributed by atoms with Crippen molar-refractivity contribution in [1.29, 1.82) is 0 Å². The van der Waals surface area contributed by atoms with Crippen LogP contribution in [0.2, 0.25) is 0 Å². The molecule has 2 N–H and O–H groups in total. The molecule has 1 amide bonds. The third kappa shape index (κ3) is 3.81. The number of carbonyl (C=O) groups excluding carboxylic acids is 1. The number of amides is 1. The van der Waals surface area contributed by atoms with E-state index in [0.717, 1.165) is 18.5 Å². The molecule has 3 aromatic rings. The van der Waals surface area contributed by atoms with Gasteiger partial charge in [-0.1, -0.05) is 43.7 Å². The molecule has 24 heavy (non-hydrogen) atoms. The highest BCUT2D eigenvalue weighted by Crippen LogP contribution is 2.29. The Balaban J connectivity index is 1.76. The Morgan fingerprint density at radius 2 is 1.88 bits per heavy atom. The molecule has 0 aliphatic carbocycles. The maximum Gasteiger partial charge on any atom is 0.276 e. The van der Waals surface area contributed by atoms with Crippen molar-refractivity contribution >= 4 is 11.6 Å². The highest BCUT2D eigenvalue weighted by molar-refractivity contribution is 6.03. The second-order valence-corrected chi connectivity index (χ2v) is 5.39. The van der Waals surface area contributed by atoms with Gasteiger partial charge in [0.1, 0.15) is 5.75 Å². The molecule has 2 aromatic carbocycles. The summed E-state index contributed by atoms with van der Waals surface area (Å²) < 4.78 is 5.85. The number of hydrogen-bond donors (Lipinski definition) is 2. The van der Waals surface area contributed by atoms with E-state index in [9.17, 15) is 4.79 Å². The molecular weight excluding hydrogens is 302 g/mol. The summed E-state index contributed by atoms with van der Waals surface area (Å²) >= 11 is 0. The summed E-state index contributed by atoms with van der Waals surface area (Å²) in [5.41, 5.74) is 1.93. The number of carbonyl (C=O) groups is 1. The smallest absolute Gasteiger partial charge is 0.276 e. The molecule has 0 saturated heterocycles. The van der Waals surface area contributed by atoms with Crippen molar-refractivity contribution in [3.05, 3.63) is 72.1 Å². The molecule has 3 rings (SSSR count). The van der Waals surface area contributed by atoms with Gasteiger partial charge in [0.2, 0.25) is 0 Å². The van der Waals surface area contributed by atoms with Crippen LogP contribution in [-0.4, -0.2) is 16.1 Å². The molecule has 0 saturated carbocycles. The predicted molar refractivity (Wildman–Crippen MR) is 93.5 cm³/mol. The van der Waals surface area contributed by atoms with Crippen LogP contribution in [0.15, 0.2) is 60.7 Å². The summed E-state index contributed by atoms with van der Waals surface area (Å²) in [6.45, 7) is 2.08. The number of nitrogens with one attached hydrogen (secondary N) is 2. The lowest BCUT2D eigenvalue weighted by Gasteiger charge is -2.11. The number of aromatic amines is 1. The monoisotopic (exact) mass is 321 g/mol. The van der Waals surface area contributed by atoms with Gasteiger partial charge in [-0.15, -0.1) is 0 Å². The van der Waals surface area contributed by atoms with Crippen LogP contribution in [0, 0.1) is 0 Å². The van der Waals surface area contributed by atoms with Gasteiger partial charge in [-0.2, -0.15) is 5.10 Å². The second-order valence-electron chi connectivity index (χ2n) is 5.39. The van der Waals surface area contributed by atoms with Crippen LogP contribution in [0.3, 0.4) is 0 Å². The van der Waals surface area contributed by atoms with Crippen LogP contribution in [0.25, 0.3) is 0 Å². The van der Waals surface area contributed by atoms with Crippen molar-refractivity contribution in [3.63, 3.8) is 0 Å². The Hall–Kier alpha value is -3.08. The molecule has 0 spiro atoms. The largest absolute Gasteiger partial charge is 0.455 e. The van der Waals surface area contributed by atoms with Crippen molar-refractivity contribution in [1.82, 2.24) is 10.2 Å². The lowest BCUT2D eigenvalue weighted by Crippen LogP contribution is -2.13. The number of aromatic nitrogens is 2. The highest BCUT2D eigenvalue weighted by atomic mass is 16.5. The molecule has 0 atom stereocenters. The number of H-pyrrole nitrogens is 1. The average Bonchev–Trinajstić information content (AvgIpc) is 3.07. The first-order valence-electron chi connectivity index (χ1n) is 7.94. The molecule has 1 heterocycles. The van der Waals surface area contributed by atoms with E-state index in [1.807, 2.05) is 48.5 Å². The summed E-state index contributed by atoms with van der Waals surface area (Å²) in [6.07, 6.45) is 1.87. The van der Waals surface area contributed by atoms with E-state index < -0.39 is 0 Å². The number of ether oxygens (including phenoxy) is 1. The minimum atomic E-state index is -0.266. The van der Waals surface area contributed by atoms with Gasteiger partial charge in [0.25, 0.3) is 5.91 Å². The maximum atomic E-state index is 12.4. The quantitative estimate of drug-likeness (QED) is 0.707. The molecule has 0 fully saturated rings. The Morgan fingerprint density at radius 1 is 1.12 bits per heavy atom. The fourth-order valence-electron chi connectivity index (χ4n) is 2.34. The SMILES string of the molecule is CCCc1cc(C(=O)Nc2ccccc2Oc2ccccc2)n[nH]1. The highest BCUT2D eigenvalue weighted by Gasteiger charge is 2.13. The fraction of sp³-hybridized carbons (Fsp3) is 0.158. The van der Waals surface area contributed by atoms with Gasteiger partial charge >= 0.3 is 0 Å². The fourth-order valence-corrected chi connectivity index (χ4v) is 2.34. The first kappa shape index (κ1) is 15.8. The Labute approximate surface area is 140 Å². The first-order chi connectivity index (χ1) is 11.8. The number of hydrogen-bond acceptors (Lipinski definition) is 3. The molecule has 0 unspecified atom stereocenters. The molecule has 0 aliphatic rings. The summed E-state index contributed by atoms with van der Waals surface area (Å²) in [4.78, 5) is 12.4. The second kappa shape index (κ2) is 7.46. The zero-order chi connectivity index (χ0) is 16.8.